The van der Waals surface area contributed by atoms with Gasteiger partial charge in [0.15, 0.2) is 0 Å². The van der Waals surface area contributed by atoms with Crippen LogP contribution in [0.25, 0.3) is 17.0 Å². The predicted octanol–water partition coefficient (Wildman–Crippen LogP) is 7.11. The smallest absolute Gasteiger partial charge is 0.293 e. The van der Waals surface area contributed by atoms with Crippen molar-refractivity contribution in [2.45, 2.75) is 6.54 Å². The van der Waals surface area contributed by atoms with E-state index in [0.29, 0.717) is 27.2 Å². The molecule has 0 unspecified atom stereocenters. The first-order chi connectivity index (χ1) is 17.0. The largest absolute Gasteiger partial charge is 0.492 e. The Bertz CT molecular complexity index is 1430. The van der Waals surface area contributed by atoms with Crippen LogP contribution in [0.15, 0.2) is 83.9 Å². The van der Waals surface area contributed by atoms with Gasteiger partial charge in [-0.1, -0.05) is 53.5 Å². The Kier molecular flexibility index (Phi) is 6.86. The lowest BCUT2D eigenvalue weighted by Gasteiger charge is -2.13. The molecule has 0 atom stereocenters. The maximum Gasteiger partial charge on any atom is 0.293 e. The number of fused-ring (bicyclic) bond motifs is 1. The van der Waals surface area contributed by atoms with Gasteiger partial charge < -0.3 is 9.30 Å². The molecule has 0 aliphatic carbocycles. The number of imide groups is 1. The zero-order chi connectivity index (χ0) is 24.4. The number of nitrogens with zero attached hydrogens (tertiary/aromatic N) is 2. The monoisotopic (exact) mass is 522 g/mol. The van der Waals surface area contributed by atoms with Gasteiger partial charge in [-0.25, -0.2) is 0 Å². The minimum atomic E-state index is -0.311. The molecule has 2 heterocycles. The fourth-order valence-electron chi connectivity index (χ4n) is 3.93. The summed E-state index contributed by atoms with van der Waals surface area (Å²) in [6, 6.07) is 22.7. The zero-order valence-electron chi connectivity index (χ0n) is 18.5. The average Bonchev–Trinajstić information content (AvgIpc) is 3.33. The van der Waals surface area contributed by atoms with Crippen molar-refractivity contribution in [1.29, 1.82) is 0 Å². The number of hydrogen-bond donors (Lipinski definition) is 0. The van der Waals surface area contributed by atoms with Gasteiger partial charge in [0, 0.05) is 39.3 Å². The number of thioether (sulfide) groups is 1. The highest BCUT2D eigenvalue weighted by molar-refractivity contribution is 8.18. The van der Waals surface area contributed by atoms with Crippen LogP contribution in [-0.2, 0) is 11.3 Å². The highest BCUT2D eigenvalue weighted by Gasteiger charge is 2.35. The Labute approximate surface area is 216 Å². The van der Waals surface area contributed by atoms with Crippen LogP contribution < -0.4 is 4.74 Å². The first-order valence-corrected chi connectivity index (χ1v) is 12.5. The third-order valence-corrected chi connectivity index (χ3v) is 7.05. The topological polar surface area (TPSA) is 51.5 Å². The normalized spacial score (nSPS) is 14.9. The summed E-state index contributed by atoms with van der Waals surface area (Å²) in [5, 5.41) is 2.02. The van der Waals surface area contributed by atoms with E-state index in [1.54, 1.807) is 30.3 Å². The third kappa shape index (κ3) is 5.25. The number of benzene rings is 3. The summed E-state index contributed by atoms with van der Waals surface area (Å²) in [5.41, 5.74) is 3.05. The molecule has 4 aromatic rings. The van der Waals surface area contributed by atoms with Gasteiger partial charge in [-0.2, -0.15) is 0 Å². The second-order valence-corrected chi connectivity index (χ2v) is 9.86. The second-order valence-electron chi connectivity index (χ2n) is 7.99. The molecule has 0 radical (unpaired) electrons. The van der Waals surface area contributed by atoms with E-state index in [1.807, 2.05) is 54.7 Å². The number of ether oxygens (including phenoxy) is 1. The molecule has 1 saturated heterocycles. The molecule has 0 N–H and O–H groups in total. The highest BCUT2D eigenvalue weighted by Crippen LogP contribution is 2.34. The number of halogens is 2. The van der Waals surface area contributed by atoms with Crippen molar-refractivity contribution in [3.8, 4) is 5.75 Å². The average molecular weight is 523 g/mol. The summed E-state index contributed by atoms with van der Waals surface area (Å²) in [6.07, 6.45) is 3.81. The molecule has 1 aliphatic heterocycles. The zero-order valence-corrected chi connectivity index (χ0v) is 20.8. The molecule has 35 heavy (non-hydrogen) atoms. The van der Waals surface area contributed by atoms with E-state index in [2.05, 4.69) is 4.57 Å². The van der Waals surface area contributed by atoms with E-state index in [4.69, 9.17) is 27.9 Å². The van der Waals surface area contributed by atoms with Crippen LogP contribution in [0.1, 0.15) is 11.1 Å². The maximum absolute atomic E-state index is 13.0. The van der Waals surface area contributed by atoms with E-state index in [1.165, 1.54) is 4.90 Å². The van der Waals surface area contributed by atoms with Gasteiger partial charge in [0.05, 0.1) is 11.4 Å². The Hall–Kier alpha value is -3.19. The quantitative estimate of drug-likeness (QED) is 0.242. The van der Waals surface area contributed by atoms with Crippen LogP contribution in [0.2, 0.25) is 10.0 Å². The summed E-state index contributed by atoms with van der Waals surface area (Å²) in [7, 11) is 0. The van der Waals surface area contributed by atoms with Crippen molar-refractivity contribution in [3.05, 3.63) is 105 Å². The van der Waals surface area contributed by atoms with Crippen LogP contribution in [-0.4, -0.2) is 33.8 Å². The molecule has 1 aliphatic rings. The first-order valence-electron chi connectivity index (χ1n) is 10.9. The molecule has 3 aromatic carbocycles. The predicted molar refractivity (Wildman–Crippen MR) is 142 cm³/mol. The van der Waals surface area contributed by atoms with Crippen LogP contribution in [0, 0.1) is 0 Å². The Morgan fingerprint density at radius 2 is 1.57 bits per heavy atom. The first kappa shape index (κ1) is 23.5. The van der Waals surface area contributed by atoms with Crippen LogP contribution in [0.3, 0.4) is 0 Å². The fourth-order valence-corrected chi connectivity index (χ4v) is 5.04. The van der Waals surface area contributed by atoms with Crippen molar-refractivity contribution in [3.63, 3.8) is 0 Å². The SMILES string of the molecule is O=C1S/C(=C\c2cn(Cc3ccc(Cl)cc3)c3ccccc23)C(=O)N1CCOc1ccc(Cl)cc1. The van der Waals surface area contributed by atoms with Crippen LogP contribution >= 0.6 is 35.0 Å². The standard InChI is InChI=1S/C27H20Cl2N2O3S/c28-20-7-5-18(6-8-20)16-30-17-19(23-3-1-2-4-24(23)30)15-25-26(32)31(27(33)35-25)13-14-34-22-11-9-21(29)10-12-22/h1-12,15,17H,13-14,16H2/b25-15-. The molecule has 0 spiro atoms. The molecule has 2 amide bonds. The van der Waals surface area contributed by atoms with Gasteiger partial charge in [0.1, 0.15) is 12.4 Å². The minimum absolute atomic E-state index is 0.170. The molecule has 1 fully saturated rings. The van der Waals surface area contributed by atoms with Gasteiger partial charge in [0.25, 0.3) is 11.1 Å². The third-order valence-electron chi connectivity index (χ3n) is 5.64. The Morgan fingerprint density at radius 1 is 0.886 bits per heavy atom. The highest BCUT2D eigenvalue weighted by atomic mass is 35.5. The summed E-state index contributed by atoms with van der Waals surface area (Å²) >= 11 is 12.9. The number of rotatable bonds is 7. The van der Waals surface area contributed by atoms with Gasteiger partial charge in [-0.15, -0.1) is 0 Å². The fraction of sp³-hybridized carbons (Fsp3) is 0.111. The number of amides is 2. The minimum Gasteiger partial charge on any atom is -0.492 e. The molecule has 1 aromatic heterocycles. The van der Waals surface area contributed by atoms with Crippen LogP contribution in [0.5, 0.6) is 5.75 Å². The lowest BCUT2D eigenvalue weighted by molar-refractivity contribution is -0.123. The lowest BCUT2D eigenvalue weighted by atomic mass is 10.1. The Morgan fingerprint density at radius 3 is 2.31 bits per heavy atom. The molecular formula is C27H20Cl2N2O3S. The van der Waals surface area contributed by atoms with Gasteiger partial charge >= 0.3 is 0 Å². The number of aromatic nitrogens is 1. The van der Waals surface area contributed by atoms with Crippen LogP contribution in [0.4, 0.5) is 4.79 Å². The van der Waals surface area contributed by atoms with Crippen molar-refractivity contribution < 1.29 is 14.3 Å². The molecule has 176 valence electrons. The molecule has 8 heteroatoms. The molecule has 0 saturated carbocycles. The summed E-state index contributed by atoms with van der Waals surface area (Å²) in [4.78, 5) is 27.2. The second kappa shape index (κ2) is 10.2. The van der Waals surface area contributed by atoms with Gasteiger partial charge in [0.2, 0.25) is 0 Å². The van der Waals surface area contributed by atoms with E-state index in [9.17, 15) is 9.59 Å². The van der Waals surface area contributed by atoms with Gasteiger partial charge in [-0.05, 0) is 65.9 Å². The van der Waals surface area contributed by atoms with E-state index >= 15 is 0 Å². The number of hydrogen-bond acceptors (Lipinski definition) is 4. The molecule has 5 nitrogen and oxygen atoms in total. The van der Waals surface area contributed by atoms with Crippen molar-refractivity contribution in [1.82, 2.24) is 9.47 Å². The molecule has 0 bridgehead atoms. The molecule has 5 rings (SSSR count). The van der Waals surface area contributed by atoms with Gasteiger partial charge in [-0.3, -0.25) is 14.5 Å². The summed E-state index contributed by atoms with van der Waals surface area (Å²) < 4.78 is 7.79. The lowest BCUT2D eigenvalue weighted by Crippen LogP contribution is -2.32. The van der Waals surface area contributed by atoms with Crippen molar-refractivity contribution >= 4 is 63.1 Å². The number of carbonyl (C=O) groups is 2. The number of carbonyl (C=O) groups excluding carboxylic acids is 2. The van der Waals surface area contributed by atoms with Crippen molar-refractivity contribution in [2.75, 3.05) is 13.2 Å². The van der Waals surface area contributed by atoms with Crippen molar-refractivity contribution in [2.24, 2.45) is 0 Å². The molecular weight excluding hydrogens is 503 g/mol. The summed E-state index contributed by atoms with van der Waals surface area (Å²) in [6.45, 7) is 1.03. The van der Waals surface area contributed by atoms with E-state index in [0.717, 1.165) is 33.8 Å². The van der Waals surface area contributed by atoms with E-state index < -0.39 is 0 Å². The number of para-hydroxylation sites is 1. The van der Waals surface area contributed by atoms with E-state index in [-0.39, 0.29) is 24.3 Å². The Balaban J connectivity index is 1.34. The maximum atomic E-state index is 13.0. The summed E-state index contributed by atoms with van der Waals surface area (Å²) in [5.74, 6) is 0.319.